The number of aromatic nitrogens is 4. The molecule has 2 amide bonds. The van der Waals surface area contributed by atoms with Crippen LogP contribution < -0.4 is 20.1 Å². The number of nitrogens with zero attached hydrogens (tertiary/aromatic N) is 4. The highest BCUT2D eigenvalue weighted by atomic mass is 32.2. The second kappa shape index (κ2) is 8.82. The molecule has 30 heavy (non-hydrogen) atoms. The van der Waals surface area contributed by atoms with E-state index in [0.717, 1.165) is 0 Å². The van der Waals surface area contributed by atoms with Crippen LogP contribution in [0.4, 0.5) is 11.4 Å². The van der Waals surface area contributed by atoms with E-state index in [1.54, 1.807) is 36.4 Å². The Morgan fingerprint density at radius 1 is 1.07 bits per heavy atom. The number of benzene rings is 2. The first-order valence-electron chi connectivity index (χ1n) is 9.07. The van der Waals surface area contributed by atoms with Crippen molar-refractivity contribution >= 4 is 35.0 Å². The molecule has 154 valence electrons. The summed E-state index contributed by atoms with van der Waals surface area (Å²) in [4.78, 5) is 23.5. The normalized spacial score (nSPS) is 12.3. The fourth-order valence-corrected chi connectivity index (χ4v) is 3.49. The van der Waals surface area contributed by atoms with Crippen molar-refractivity contribution in [2.24, 2.45) is 0 Å². The Morgan fingerprint density at radius 2 is 1.83 bits per heavy atom. The molecular formula is C19H18N6O4S. The summed E-state index contributed by atoms with van der Waals surface area (Å²) in [5.74, 6) is 1.00. The maximum absolute atomic E-state index is 12.3. The molecule has 1 aliphatic heterocycles. The molecule has 0 bridgehead atoms. The van der Waals surface area contributed by atoms with Gasteiger partial charge in [-0.05, 0) is 40.8 Å². The topological polar surface area (TPSA) is 120 Å². The van der Waals surface area contributed by atoms with Gasteiger partial charge in [0, 0.05) is 24.4 Å². The third-order valence-electron chi connectivity index (χ3n) is 4.01. The SMILES string of the molecule is CC(=O)Nc1cccc(NC(=O)CSc2nnnn2-c2ccc3c(c2)OCCO3)c1. The number of hydrogen-bond acceptors (Lipinski definition) is 8. The summed E-state index contributed by atoms with van der Waals surface area (Å²) in [6, 6.07) is 12.3. The summed E-state index contributed by atoms with van der Waals surface area (Å²) >= 11 is 1.20. The van der Waals surface area contributed by atoms with Crippen LogP contribution in [0.3, 0.4) is 0 Å². The summed E-state index contributed by atoms with van der Waals surface area (Å²) in [5.41, 5.74) is 1.89. The molecule has 0 unspecified atom stereocenters. The third-order valence-corrected chi connectivity index (χ3v) is 4.93. The Morgan fingerprint density at radius 3 is 2.63 bits per heavy atom. The van der Waals surface area contributed by atoms with Crippen LogP contribution in [0.2, 0.25) is 0 Å². The zero-order valence-electron chi connectivity index (χ0n) is 16.0. The summed E-state index contributed by atoms with van der Waals surface area (Å²) in [6.07, 6.45) is 0. The van der Waals surface area contributed by atoms with Gasteiger partial charge in [0.1, 0.15) is 13.2 Å². The number of anilines is 2. The van der Waals surface area contributed by atoms with Gasteiger partial charge in [-0.25, -0.2) is 0 Å². The Bertz CT molecular complexity index is 1090. The molecule has 1 aliphatic rings. The molecule has 3 aromatic rings. The molecular weight excluding hydrogens is 408 g/mol. The number of fused-ring (bicyclic) bond motifs is 1. The zero-order valence-corrected chi connectivity index (χ0v) is 16.8. The van der Waals surface area contributed by atoms with E-state index in [1.807, 2.05) is 6.07 Å². The van der Waals surface area contributed by atoms with Gasteiger partial charge in [-0.1, -0.05) is 17.8 Å². The first-order valence-corrected chi connectivity index (χ1v) is 10.1. The van der Waals surface area contributed by atoms with E-state index in [1.165, 1.54) is 23.4 Å². The first-order chi connectivity index (χ1) is 14.6. The number of rotatable bonds is 6. The van der Waals surface area contributed by atoms with E-state index in [2.05, 4.69) is 26.2 Å². The van der Waals surface area contributed by atoms with Gasteiger partial charge in [0.05, 0.1) is 11.4 Å². The van der Waals surface area contributed by atoms with Gasteiger partial charge in [0.25, 0.3) is 0 Å². The minimum absolute atomic E-state index is 0.106. The van der Waals surface area contributed by atoms with Crippen LogP contribution in [0.25, 0.3) is 5.69 Å². The second-order valence-electron chi connectivity index (χ2n) is 6.30. The van der Waals surface area contributed by atoms with Crippen LogP contribution in [0.5, 0.6) is 11.5 Å². The zero-order chi connectivity index (χ0) is 20.9. The number of tetrazole rings is 1. The molecule has 0 atom stereocenters. The summed E-state index contributed by atoms with van der Waals surface area (Å²) in [7, 11) is 0. The molecule has 10 nitrogen and oxygen atoms in total. The minimum atomic E-state index is -0.225. The van der Waals surface area contributed by atoms with Crippen molar-refractivity contribution in [3.63, 3.8) is 0 Å². The lowest BCUT2D eigenvalue weighted by Crippen LogP contribution is -2.16. The van der Waals surface area contributed by atoms with Gasteiger partial charge < -0.3 is 20.1 Å². The molecule has 2 aromatic carbocycles. The van der Waals surface area contributed by atoms with Crippen molar-refractivity contribution in [3.8, 4) is 17.2 Å². The summed E-state index contributed by atoms with van der Waals surface area (Å²) < 4.78 is 12.7. The van der Waals surface area contributed by atoms with E-state index in [9.17, 15) is 9.59 Å². The number of carbonyl (C=O) groups is 2. The van der Waals surface area contributed by atoms with Crippen molar-refractivity contribution in [3.05, 3.63) is 42.5 Å². The van der Waals surface area contributed by atoms with Gasteiger partial charge in [0.15, 0.2) is 11.5 Å². The smallest absolute Gasteiger partial charge is 0.234 e. The average molecular weight is 426 g/mol. The number of hydrogen-bond donors (Lipinski definition) is 2. The Balaban J connectivity index is 1.40. The molecule has 4 rings (SSSR count). The predicted molar refractivity (Wildman–Crippen MR) is 110 cm³/mol. The molecule has 11 heteroatoms. The highest BCUT2D eigenvalue weighted by Gasteiger charge is 2.16. The Hall–Kier alpha value is -3.60. The lowest BCUT2D eigenvalue weighted by molar-refractivity contribution is -0.114. The predicted octanol–water partition coefficient (Wildman–Crippen LogP) is 2.12. The largest absolute Gasteiger partial charge is 0.486 e. The van der Waals surface area contributed by atoms with E-state index in [0.29, 0.717) is 46.9 Å². The highest BCUT2D eigenvalue weighted by Crippen LogP contribution is 2.32. The third kappa shape index (κ3) is 4.69. The lowest BCUT2D eigenvalue weighted by Gasteiger charge is -2.18. The van der Waals surface area contributed by atoms with E-state index < -0.39 is 0 Å². The summed E-state index contributed by atoms with van der Waals surface area (Å²) in [5, 5.41) is 17.6. The van der Waals surface area contributed by atoms with Gasteiger partial charge in [-0.15, -0.1) is 5.10 Å². The molecule has 0 fully saturated rings. The van der Waals surface area contributed by atoms with Crippen LogP contribution in [-0.4, -0.2) is 51.0 Å². The number of amides is 2. The van der Waals surface area contributed by atoms with Crippen molar-refractivity contribution in [1.29, 1.82) is 0 Å². The van der Waals surface area contributed by atoms with Crippen molar-refractivity contribution in [2.75, 3.05) is 29.6 Å². The first kappa shape index (κ1) is 19.7. The molecule has 0 radical (unpaired) electrons. The fraction of sp³-hybridized carbons (Fsp3) is 0.211. The molecule has 2 heterocycles. The van der Waals surface area contributed by atoms with Crippen LogP contribution in [0.15, 0.2) is 47.6 Å². The molecule has 0 saturated carbocycles. The number of nitrogens with one attached hydrogen (secondary N) is 2. The van der Waals surface area contributed by atoms with E-state index >= 15 is 0 Å². The molecule has 0 spiro atoms. The lowest BCUT2D eigenvalue weighted by atomic mass is 10.2. The Kier molecular flexibility index (Phi) is 5.80. The Labute approximate surface area is 175 Å². The highest BCUT2D eigenvalue weighted by molar-refractivity contribution is 7.99. The number of ether oxygens (including phenoxy) is 2. The quantitative estimate of drug-likeness (QED) is 0.575. The molecule has 2 N–H and O–H groups in total. The maximum Gasteiger partial charge on any atom is 0.234 e. The van der Waals surface area contributed by atoms with Crippen molar-refractivity contribution in [2.45, 2.75) is 12.1 Å². The van der Waals surface area contributed by atoms with Crippen LogP contribution >= 0.6 is 11.8 Å². The van der Waals surface area contributed by atoms with Crippen LogP contribution in [0, 0.1) is 0 Å². The van der Waals surface area contributed by atoms with Crippen molar-refractivity contribution in [1.82, 2.24) is 20.2 Å². The average Bonchev–Trinajstić information content (AvgIpc) is 3.20. The maximum atomic E-state index is 12.3. The molecule has 1 aromatic heterocycles. The molecule has 0 saturated heterocycles. The van der Waals surface area contributed by atoms with E-state index in [4.69, 9.17) is 9.47 Å². The van der Waals surface area contributed by atoms with Gasteiger partial charge in [0.2, 0.25) is 17.0 Å². The number of thioether (sulfide) groups is 1. The van der Waals surface area contributed by atoms with Crippen molar-refractivity contribution < 1.29 is 19.1 Å². The van der Waals surface area contributed by atoms with Crippen LogP contribution in [0.1, 0.15) is 6.92 Å². The van der Waals surface area contributed by atoms with Gasteiger partial charge >= 0.3 is 0 Å². The second-order valence-corrected chi connectivity index (χ2v) is 7.24. The summed E-state index contributed by atoms with van der Waals surface area (Å²) in [6.45, 7) is 2.42. The minimum Gasteiger partial charge on any atom is -0.486 e. The standard InChI is InChI=1S/C19H18N6O4S/c1-12(26)20-13-3-2-4-14(9-13)21-18(27)11-30-19-22-23-24-25(19)15-5-6-16-17(10-15)29-8-7-28-16/h2-6,9-10H,7-8,11H2,1H3,(H,20,26)(H,21,27). The van der Waals surface area contributed by atoms with Gasteiger partial charge in [-0.2, -0.15) is 4.68 Å². The molecule has 0 aliphatic carbocycles. The van der Waals surface area contributed by atoms with Gasteiger partial charge in [-0.3, -0.25) is 9.59 Å². The van der Waals surface area contributed by atoms with Crippen LogP contribution in [-0.2, 0) is 9.59 Å². The van der Waals surface area contributed by atoms with E-state index in [-0.39, 0.29) is 17.6 Å². The monoisotopic (exact) mass is 426 g/mol. The number of carbonyl (C=O) groups excluding carboxylic acids is 2. The fourth-order valence-electron chi connectivity index (χ4n) is 2.80.